The van der Waals surface area contributed by atoms with Gasteiger partial charge in [-0.2, -0.15) is 0 Å². The number of anilines is 1. The molecular weight excluding hydrogens is 524 g/mol. The van der Waals surface area contributed by atoms with Crippen LogP contribution >= 0.6 is 0 Å². The van der Waals surface area contributed by atoms with Gasteiger partial charge in [-0.1, -0.05) is 49.2 Å². The van der Waals surface area contributed by atoms with Crippen molar-refractivity contribution in [2.45, 2.75) is 56.1 Å². The molecule has 1 aliphatic rings. The van der Waals surface area contributed by atoms with E-state index < -0.39 is 40.2 Å². The number of halogens is 2. The van der Waals surface area contributed by atoms with Gasteiger partial charge in [0.2, 0.25) is 11.8 Å². The zero-order chi connectivity index (χ0) is 28.0. The van der Waals surface area contributed by atoms with Crippen molar-refractivity contribution in [1.82, 2.24) is 10.2 Å². The molecule has 0 aromatic heterocycles. The summed E-state index contributed by atoms with van der Waals surface area (Å²) in [6.45, 7) is 0.660. The molecule has 7 nitrogen and oxygen atoms in total. The molecule has 0 spiro atoms. The average Bonchev–Trinajstić information content (AvgIpc) is 3.44. The quantitative estimate of drug-likeness (QED) is 0.395. The van der Waals surface area contributed by atoms with Gasteiger partial charge in [-0.15, -0.1) is 0 Å². The SMILES string of the molecule is C[C@@H](C(=O)NC1CCCC1)N(Cc1ccccc1F)C(=O)CN(c1ccccc1)S(=O)(=O)c1ccc(F)cc1. The summed E-state index contributed by atoms with van der Waals surface area (Å²) >= 11 is 0. The number of carbonyl (C=O) groups is 2. The smallest absolute Gasteiger partial charge is 0.264 e. The molecule has 3 aromatic rings. The first-order valence-corrected chi connectivity index (χ1v) is 14.3. The van der Waals surface area contributed by atoms with Crippen molar-refractivity contribution in [2.24, 2.45) is 0 Å². The minimum absolute atomic E-state index is 0.00466. The molecular formula is C29H31F2N3O4S. The predicted octanol–water partition coefficient (Wildman–Crippen LogP) is 4.64. The number of carbonyl (C=O) groups excluding carboxylic acids is 2. The lowest BCUT2D eigenvalue weighted by atomic mass is 10.1. The van der Waals surface area contributed by atoms with Crippen molar-refractivity contribution >= 4 is 27.5 Å². The first-order valence-electron chi connectivity index (χ1n) is 12.8. The largest absolute Gasteiger partial charge is 0.352 e. The number of amides is 2. The van der Waals surface area contributed by atoms with Gasteiger partial charge in [-0.3, -0.25) is 13.9 Å². The Morgan fingerprint density at radius 1 is 0.923 bits per heavy atom. The van der Waals surface area contributed by atoms with Crippen molar-refractivity contribution in [1.29, 1.82) is 0 Å². The maximum atomic E-state index is 14.6. The fraction of sp³-hybridized carbons (Fsp3) is 0.310. The molecule has 4 rings (SSSR count). The van der Waals surface area contributed by atoms with E-state index in [0.29, 0.717) is 0 Å². The maximum Gasteiger partial charge on any atom is 0.264 e. The third-order valence-corrected chi connectivity index (χ3v) is 8.68. The third-order valence-electron chi connectivity index (χ3n) is 6.89. The molecule has 0 unspecified atom stereocenters. The van der Waals surface area contributed by atoms with Gasteiger partial charge in [0.15, 0.2) is 0 Å². The lowest BCUT2D eigenvalue weighted by Gasteiger charge is -2.32. The summed E-state index contributed by atoms with van der Waals surface area (Å²) in [7, 11) is -4.30. The summed E-state index contributed by atoms with van der Waals surface area (Å²) in [4.78, 5) is 28.0. The van der Waals surface area contributed by atoms with Crippen LogP contribution in [0.15, 0.2) is 83.8 Å². The van der Waals surface area contributed by atoms with Crippen LogP contribution in [-0.4, -0.2) is 43.8 Å². The summed E-state index contributed by atoms with van der Waals surface area (Å²) in [6, 6.07) is 17.3. The Morgan fingerprint density at radius 2 is 1.54 bits per heavy atom. The zero-order valence-electron chi connectivity index (χ0n) is 21.6. The molecule has 1 fully saturated rings. The predicted molar refractivity (Wildman–Crippen MR) is 144 cm³/mol. The van der Waals surface area contributed by atoms with Gasteiger partial charge < -0.3 is 10.2 Å². The molecule has 10 heteroatoms. The first kappa shape index (κ1) is 28.2. The molecule has 0 saturated heterocycles. The molecule has 1 N–H and O–H groups in total. The van der Waals surface area contributed by atoms with E-state index in [1.807, 2.05) is 0 Å². The Morgan fingerprint density at radius 3 is 2.18 bits per heavy atom. The van der Waals surface area contributed by atoms with Crippen LogP contribution in [0.1, 0.15) is 38.2 Å². The molecule has 0 bridgehead atoms. The Balaban J connectivity index is 1.67. The number of benzene rings is 3. The number of hydrogen-bond donors (Lipinski definition) is 1. The summed E-state index contributed by atoms with van der Waals surface area (Å²) in [5, 5.41) is 2.97. The van der Waals surface area contributed by atoms with Crippen molar-refractivity contribution < 1.29 is 26.8 Å². The lowest BCUT2D eigenvalue weighted by molar-refractivity contribution is -0.139. The zero-order valence-corrected chi connectivity index (χ0v) is 22.4. The van der Waals surface area contributed by atoms with Crippen LogP contribution < -0.4 is 9.62 Å². The topological polar surface area (TPSA) is 86.8 Å². The highest BCUT2D eigenvalue weighted by molar-refractivity contribution is 7.92. The van der Waals surface area contributed by atoms with Gasteiger partial charge in [-0.05, 0) is 62.2 Å². The van der Waals surface area contributed by atoms with Crippen molar-refractivity contribution in [2.75, 3.05) is 10.8 Å². The highest BCUT2D eigenvalue weighted by Crippen LogP contribution is 2.25. The monoisotopic (exact) mass is 555 g/mol. The molecule has 3 aromatic carbocycles. The molecule has 206 valence electrons. The van der Waals surface area contributed by atoms with Crippen molar-refractivity contribution in [3.8, 4) is 0 Å². The van der Waals surface area contributed by atoms with Crippen LogP contribution in [0.25, 0.3) is 0 Å². The number of nitrogens with one attached hydrogen (secondary N) is 1. The van der Waals surface area contributed by atoms with E-state index in [9.17, 15) is 26.8 Å². The van der Waals surface area contributed by atoms with E-state index in [4.69, 9.17) is 0 Å². The Labute approximate surface area is 227 Å². The Bertz CT molecular complexity index is 1400. The van der Waals surface area contributed by atoms with E-state index in [1.165, 1.54) is 35.2 Å². The van der Waals surface area contributed by atoms with Gasteiger partial charge in [-0.25, -0.2) is 17.2 Å². The van der Waals surface area contributed by atoms with Gasteiger partial charge in [0.1, 0.15) is 24.2 Å². The van der Waals surface area contributed by atoms with Gasteiger partial charge in [0, 0.05) is 18.2 Å². The van der Waals surface area contributed by atoms with E-state index >= 15 is 0 Å². The van der Waals surface area contributed by atoms with Crippen LogP contribution in [0.4, 0.5) is 14.5 Å². The van der Waals surface area contributed by atoms with E-state index in [0.717, 1.165) is 54.3 Å². The standard InChI is InChI=1S/C29H31F2N3O4S/c1-21(29(36)32-24-10-6-7-11-24)33(19-22-9-5-8-14-27(22)31)28(35)20-34(25-12-3-2-4-13-25)39(37,38)26-17-15-23(30)16-18-26/h2-5,8-9,12-18,21,24H,6-7,10-11,19-20H2,1H3,(H,32,36)/t21-/m0/s1. The van der Waals surface area contributed by atoms with E-state index in [2.05, 4.69) is 5.32 Å². The van der Waals surface area contributed by atoms with E-state index in [-0.39, 0.29) is 34.6 Å². The summed E-state index contributed by atoms with van der Waals surface area (Å²) < 4.78 is 56.3. The fourth-order valence-electron chi connectivity index (χ4n) is 4.64. The molecule has 0 radical (unpaired) electrons. The van der Waals surface area contributed by atoms with Crippen molar-refractivity contribution in [3.05, 3.63) is 96.1 Å². The van der Waals surface area contributed by atoms with Gasteiger partial charge in [0.25, 0.3) is 10.0 Å². The molecule has 39 heavy (non-hydrogen) atoms. The minimum atomic E-state index is -4.30. The summed E-state index contributed by atoms with van der Waals surface area (Å²) in [6.07, 6.45) is 3.70. The lowest BCUT2D eigenvalue weighted by Crippen LogP contribution is -2.52. The molecule has 1 saturated carbocycles. The highest BCUT2D eigenvalue weighted by Gasteiger charge is 2.33. The van der Waals surface area contributed by atoms with Crippen LogP contribution in [0.2, 0.25) is 0 Å². The Kier molecular flexibility index (Phi) is 8.96. The second kappa shape index (κ2) is 12.4. The maximum absolute atomic E-state index is 14.6. The molecule has 0 heterocycles. The van der Waals surface area contributed by atoms with Gasteiger partial charge >= 0.3 is 0 Å². The second-order valence-electron chi connectivity index (χ2n) is 9.58. The van der Waals surface area contributed by atoms with Crippen LogP contribution in [0, 0.1) is 11.6 Å². The number of hydrogen-bond acceptors (Lipinski definition) is 4. The van der Waals surface area contributed by atoms with Crippen molar-refractivity contribution in [3.63, 3.8) is 0 Å². The third kappa shape index (κ3) is 6.81. The molecule has 0 aliphatic heterocycles. The summed E-state index contributed by atoms with van der Waals surface area (Å²) in [5.74, 6) is -2.23. The van der Waals surface area contributed by atoms with Crippen LogP contribution in [0.5, 0.6) is 0 Å². The average molecular weight is 556 g/mol. The number of nitrogens with zero attached hydrogens (tertiary/aromatic N) is 2. The van der Waals surface area contributed by atoms with Crippen LogP contribution in [0.3, 0.4) is 0 Å². The minimum Gasteiger partial charge on any atom is -0.352 e. The molecule has 2 amide bonds. The van der Waals surface area contributed by atoms with Crippen LogP contribution in [-0.2, 0) is 26.2 Å². The second-order valence-corrected chi connectivity index (χ2v) is 11.4. The summed E-state index contributed by atoms with van der Waals surface area (Å²) in [5.41, 5.74) is 0.406. The van der Waals surface area contributed by atoms with Gasteiger partial charge in [0.05, 0.1) is 10.6 Å². The Hall–Kier alpha value is -3.79. The normalized spacial score (nSPS) is 14.5. The fourth-order valence-corrected chi connectivity index (χ4v) is 6.06. The van der Waals surface area contributed by atoms with E-state index in [1.54, 1.807) is 31.2 Å². The number of rotatable bonds is 10. The molecule has 1 atom stereocenters. The first-order chi connectivity index (χ1) is 18.7. The highest BCUT2D eigenvalue weighted by atomic mass is 32.2. The number of para-hydroxylation sites is 1. The number of sulfonamides is 1. The molecule has 1 aliphatic carbocycles.